The lowest BCUT2D eigenvalue weighted by Gasteiger charge is -2.09. The maximum absolute atomic E-state index is 10.3. The van der Waals surface area contributed by atoms with Crippen molar-refractivity contribution in [1.29, 1.82) is 0 Å². The molecule has 1 unspecified atom stereocenters. The Labute approximate surface area is 82.8 Å². The van der Waals surface area contributed by atoms with Gasteiger partial charge >= 0.3 is 5.97 Å². The molecule has 1 aromatic rings. The number of rotatable bonds is 4. The second-order valence-corrected chi connectivity index (χ2v) is 3.24. The van der Waals surface area contributed by atoms with Gasteiger partial charge in [-0.15, -0.1) is 0 Å². The highest BCUT2D eigenvalue weighted by Crippen LogP contribution is 2.13. The molecule has 3 N–H and O–H groups in total. The number of aryl methyl sites for hydroxylation is 1. The van der Waals surface area contributed by atoms with E-state index in [0.717, 1.165) is 11.4 Å². The summed E-state index contributed by atoms with van der Waals surface area (Å²) in [7, 11) is 0. The first kappa shape index (κ1) is 10.7. The molecular formula is C10H14N2O2. The number of aliphatic carboxylic acids is 1. The molecule has 0 spiro atoms. The van der Waals surface area contributed by atoms with Gasteiger partial charge in [-0.05, 0) is 25.5 Å². The number of carbonyl (C=O) groups is 1. The summed E-state index contributed by atoms with van der Waals surface area (Å²) in [4.78, 5) is 14.6. The summed E-state index contributed by atoms with van der Waals surface area (Å²) in [6.07, 6.45) is 0.503. The molecule has 0 saturated heterocycles. The zero-order valence-electron chi connectivity index (χ0n) is 8.10. The zero-order valence-corrected chi connectivity index (χ0v) is 8.10. The quantitative estimate of drug-likeness (QED) is 0.756. The number of carboxylic acid groups (broad SMARTS) is 1. The predicted molar refractivity (Wildman–Crippen MR) is 52.8 cm³/mol. The average molecular weight is 194 g/mol. The van der Waals surface area contributed by atoms with Crippen LogP contribution in [-0.4, -0.2) is 16.1 Å². The molecular weight excluding hydrogens is 180 g/mol. The monoisotopic (exact) mass is 194 g/mol. The van der Waals surface area contributed by atoms with E-state index in [4.69, 9.17) is 10.8 Å². The van der Waals surface area contributed by atoms with Gasteiger partial charge in [-0.25, -0.2) is 0 Å². The van der Waals surface area contributed by atoms with E-state index in [1.54, 1.807) is 0 Å². The molecule has 0 aliphatic rings. The van der Waals surface area contributed by atoms with Gasteiger partial charge in [-0.2, -0.15) is 0 Å². The minimum atomic E-state index is -0.826. The molecule has 0 fully saturated rings. The van der Waals surface area contributed by atoms with E-state index in [1.165, 1.54) is 0 Å². The summed E-state index contributed by atoms with van der Waals surface area (Å²) in [6.45, 7) is 1.88. The Bertz CT molecular complexity index is 326. The maximum Gasteiger partial charge on any atom is 0.303 e. The van der Waals surface area contributed by atoms with Crippen molar-refractivity contribution in [2.45, 2.75) is 25.8 Å². The van der Waals surface area contributed by atoms with Crippen LogP contribution in [0.1, 0.15) is 30.3 Å². The molecule has 0 aliphatic heterocycles. The molecule has 0 aliphatic carbocycles. The highest BCUT2D eigenvalue weighted by Gasteiger charge is 2.09. The van der Waals surface area contributed by atoms with Gasteiger partial charge in [0.2, 0.25) is 0 Å². The third-order valence-electron chi connectivity index (χ3n) is 1.96. The van der Waals surface area contributed by atoms with Crippen molar-refractivity contribution >= 4 is 5.97 Å². The van der Waals surface area contributed by atoms with Gasteiger partial charge in [0.25, 0.3) is 0 Å². The van der Waals surface area contributed by atoms with Crippen LogP contribution in [0.2, 0.25) is 0 Å². The van der Waals surface area contributed by atoms with Gasteiger partial charge in [0, 0.05) is 18.2 Å². The van der Waals surface area contributed by atoms with Gasteiger partial charge in [0.1, 0.15) is 0 Å². The van der Waals surface area contributed by atoms with E-state index in [1.807, 2.05) is 25.1 Å². The highest BCUT2D eigenvalue weighted by molar-refractivity contribution is 5.66. The number of nitrogens with two attached hydrogens (primary N) is 1. The van der Waals surface area contributed by atoms with E-state index in [2.05, 4.69) is 4.98 Å². The van der Waals surface area contributed by atoms with Crippen molar-refractivity contribution in [2.24, 2.45) is 5.73 Å². The molecule has 14 heavy (non-hydrogen) atoms. The van der Waals surface area contributed by atoms with Gasteiger partial charge in [0.05, 0.1) is 5.69 Å². The Morgan fingerprint density at radius 1 is 1.64 bits per heavy atom. The molecule has 76 valence electrons. The van der Waals surface area contributed by atoms with E-state index in [-0.39, 0.29) is 12.5 Å². The van der Waals surface area contributed by atoms with Crippen LogP contribution in [0.5, 0.6) is 0 Å². The molecule has 4 nitrogen and oxygen atoms in total. The number of nitrogens with zero attached hydrogens (tertiary/aromatic N) is 1. The van der Waals surface area contributed by atoms with Crippen molar-refractivity contribution in [3.8, 4) is 0 Å². The van der Waals surface area contributed by atoms with Gasteiger partial charge < -0.3 is 10.8 Å². The predicted octanol–water partition coefficient (Wildman–Crippen LogP) is 1.25. The van der Waals surface area contributed by atoms with Crippen LogP contribution < -0.4 is 5.73 Å². The first-order valence-corrected chi connectivity index (χ1v) is 4.50. The lowest BCUT2D eigenvalue weighted by atomic mass is 10.1. The standard InChI is InChI=1S/C10H14N2O2/c1-7-3-2-4-9(12-7)8(11)5-6-10(13)14/h2-4,8H,5-6,11H2,1H3,(H,13,14). The van der Waals surface area contributed by atoms with Crippen molar-refractivity contribution in [1.82, 2.24) is 4.98 Å². The summed E-state index contributed by atoms with van der Waals surface area (Å²) in [6, 6.07) is 5.29. The number of pyridine rings is 1. The normalized spacial score (nSPS) is 12.4. The smallest absolute Gasteiger partial charge is 0.303 e. The second kappa shape index (κ2) is 4.72. The fraction of sp³-hybridized carbons (Fsp3) is 0.400. The van der Waals surface area contributed by atoms with E-state index >= 15 is 0 Å². The Hall–Kier alpha value is -1.42. The van der Waals surface area contributed by atoms with E-state index < -0.39 is 5.97 Å². The number of hydrogen-bond acceptors (Lipinski definition) is 3. The van der Waals surface area contributed by atoms with Crippen LogP contribution in [0.25, 0.3) is 0 Å². The van der Waals surface area contributed by atoms with Crippen molar-refractivity contribution in [3.05, 3.63) is 29.6 Å². The van der Waals surface area contributed by atoms with Crippen molar-refractivity contribution in [2.75, 3.05) is 0 Å². The molecule has 0 aromatic carbocycles. The first-order valence-electron chi connectivity index (χ1n) is 4.50. The fourth-order valence-corrected chi connectivity index (χ4v) is 1.20. The van der Waals surface area contributed by atoms with E-state index in [9.17, 15) is 4.79 Å². The minimum Gasteiger partial charge on any atom is -0.481 e. The number of aromatic nitrogens is 1. The lowest BCUT2D eigenvalue weighted by Crippen LogP contribution is -2.14. The van der Waals surface area contributed by atoms with E-state index in [0.29, 0.717) is 6.42 Å². The molecule has 1 atom stereocenters. The van der Waals surface area contributed by atoms with Crippen LogP contribution in [0.3, 0.4) is 0 Å². The van der Waals surface area contributed by atoms with Gasteiger partial charge in [-0.3, -0.25) is 9.78 Å². The second-order valence-electron chi connectivity index (χ2n) is 3.24. The molecule has 1 aromatic heterocycles. The molecule has 0 radical (unpaired) electrons. The highest BCUT2D eigenvalue weighted by atomic mass is 16.4. The summed E-state index contributed by atoms with van der Waals surface area (Å²) in [5.74, 6) is -0.826. The van der Waals surface area contributed by atoms with Crippen LogP contribution in [0.4, 0.5) is 0 Å². The summed E-state index contributed by atoms with van der Waals surface area (Å²) < 4.78 is 0. The fourth-order valence-electron chi connectivity index (χ4n) is 1.20. The third kappa shape index (κ3) is 3.14. The van der Waals surface area contributed by atoms with Crippen LogP contribution in [-0.2, 0) is 4.79 Å². The molecule has 4 heteroatoms. The maximum atomic E-state index is 10.3. The van der Waals surface area contributed by atoms with Crippen molar-refractivity contribution in [3.63, 3.8) is 0 Å². The molecule has 1 rings (SSSR count). The van der Waals surface area contributed by atoms with Crippen LogP contribution in [0.15, 0.2) is 18.2 Å². The lowest BCUT2D eigenvalue weighted by molar-refractivity contribution is -0.137. The van der Waals surface area contributed by atoms with Gasteiger partial charge in [0.15, 0.2) is 0 Å². The summed E-state index contributed by atoms with van der Waals surface area (Å²) >= 11 is 0. The van der Waals surface area contributed by atoms with Crippen molar-refractivity contribution < 1.29 is 9.90 Å². The largest absolute Gasteiger partial charge is 0.481 e. The molecule has 0 amide bonds. The topological polar surface area (TPSA) is 76.2 Å². The third-order valence-corrected chi connectivity index (χ3v) is 1.96. The van der Waals surface area contributed by atoms with Gasteiger partial charge in [-0.1, -0.05) is 6.07 Å². The number of hydrogen-bond donors (Lipinski definition) is 2. The zero-order chi connectivity index (χ0) is 10.6. The molecule has 0 bridgehead atoms. The Morgan fingerprint density at radius 2 is 2.36 bits per heavy atom. The Balaban J connectivity index is 2.60. The SMILES string of the molecule is Cc1cccc(C(N)CCC(=O)O)n1. The molecule has 0 saturated carbocycles. The van der Waals surface area contributed by atoms with Crippen LogP contribution in [0, 0.1) is 6.92 Å². The summed E-state index contributed by atoms with van der Waals surface area (Å²) in [5.41, 5.74) is 7.44. The Kier molecular flexibility index (Phi) is 3.59. The first-order chi connectivity index (χ1) is 6.59. The molecule has 1 heterocycles. The summed E-state index contributed by atoms with van der Waals surface area (Å²) in [5, 5.41) is 8.49. The average Bonchev–Trinajstić information content (AvgIpc) is 2.14. The Morgan fingerprint density at radius 3 is 2.93 bits per heavy atom. The minimum absolute atomic E-state index is 0.0801. The number of carboxylic acids is 1. The van der Waals surface area contributed by atoms with Crippen LogP contribution >= 0.6 is 0 Å².